The molecule has 0 bridgehead atoms. The van der Waals surface area contributed by atoms with Crippen LogP contribution in [0.2, 0.25) is 0 Å². The smallest absolute Gasteiger partial charge is 0.246 e. The van der Waals surface area contributed by atoms with Crippen LogP contribution in [0.5, 0.6) is 0 Å². The Bertz CT molecular complexity index is 558. The van der Waals surface area contributed by atoms with E-state index in [1.807, 2.05) is 6.92 Å². The molecule has 4 nitrogen and oxygen atoms in total. The van der Waals surface area contributed by atoms with Gasteiger partial charge < -0.3 is 9.80 Å². The maximum Gasteiger partial charge on any atom is 0.246 e. The number of piperidine rings is 1. The van der Waals surface area contributed by atoms with Crippen LogP contribution in [0.3, 0.4) is 0 Å². The molecular weight excluding hydrogens is 271 g/mol. The van der Waals surface area contributed by atoms with Gasteiger partial charge in [0.25, 0.3) is 0 Å². The van der Waals surface area contributed by atoms with Gasteiger partial charge in [-0.2, -0.15) is 0 Å². The summed E-state index contributed by atoms with van der Waals surface area (Å²) in [6.45, 7) is 2.69. The van der Waals surface area contributed by atoms with Gasteiger partial charge in [-0.25, -0.2) is 4.39 Å². The second-order valence-corrected chi connectivity index (χ2v) is 5.79. The second kappa shape index (κ2) is 5.47. The maximum absolute atomic E-state index is 13.0. The third-order valence-corrected chi connectivity index (χ3v) is 4.52. The number of piperazine rings is 1. The van der Waals surface area contributed by atoms with Crippen LogP contribution in [0.25, 0.3) is 0 Å². The average Bonchev–Trinajstić information content (AvgIpc) is 2.51. The molecule has 1 aromatic carbocycles. The molecule has 2 atom stereocenters. The molecule has 2 fully saturated rings. The van der Waals surface area contributed by atoms with Crippen molar-refractivity contribution < 1.29 is 14.0 Å². The highest BCUT2D eigenvalue weighted by molar-refractivity contribution is 5.95. The number of carbonyl (C=O) groups excluding carboxylic acids is 2. The molecule has 0 aliphatic carbocycles. The highest BCUT2D eigenvalue weighted by Crippen LogP contribution is 2.29. The molecule has 21 heavy (non-hydrogen) atoms. The minimum atomic E-state index is -0.303. The lowest BCUT2D eigenvalue weighted by Crippen LogP contribution is -2.61. The standard InChI is InChI=1S/C16H19FN2O2/c1-11(12-5-7-13(17)8-6-12)19-10-15(20)18-9-3-2-4-14(18)16(19)21/h5-8,11,14H,2-4,9-10H2,1H3. The molecule has 0 spiro atoms. The Morgan fingerprint density at radius 1 is 1.19 bits per heavy atom. The van der Waals surface area contributed by atoms with Crippen molar-refractivity contribution in [1.82, 2.24) is 9.80 Å². The van der Waals surface area contributed by atoms with Crippen LogP contribution in [0, 0.1) is 5.82 Å². The summed E-state index contributed by atoms with van der Waals surface area (Å²) in [5.41, 5.74) is 0.849. The molecule has 0 aromatic heterocycles. The number of fused-ring (bicyclic) bond motifs is 1. The molecule has 2 aliphatic rings. The fourth-order valence-corrected chi connectivity index (χ4v) is 3.24. The number of hydrogen-bond acceptors (Lipinski definition) is 2. The second-order valence-electron chi connectivity index (χ2n) is 5.79. The molecule has 2 saturated heterocycles. The Balaban J connectivity index is 1.83. The van der Waals surface area contributed by atoms with Gasteiger partial charge >= 0.3 is 0 Å². The van der Waals surface area contributed by atoms with Crippen molar-refractivity contribution >= 4 is 11.8 Å². The lowest BCUT2D eigenvalue weighted by atomic mass is 9.96. The van der Waals surface area contributed by atoms with E-state index >= 15 is 0 Å². The molecule has 2 amide bonds. The topological polar surface area (TPSA) is 40.6 Å². The number of nitrogens with zero attached hydrogens (tertiary/aromatic N) is 2. The van der Waals surface area contributed by atoms with E-state index in [9.17, 15) is 14.0 Å². The zero-order valence-corrected chi connectivity index (χ0v) is 12.1. The van der Waals surface area contributed by atoms with Crippen LogP contribution in [0.15, 0.2) is 24.3 Å². The predicted octanol–water partition coefficient (Wildman–Crippen LogP) is 2.11. The predicted molar refractivity (Wildman–Crippen MR) is 75.9 cm³/mol. The molecule has 112 valence electrons. The Morgan fingerprint density at radius 3 is 2.62 bits per heavy atom. The monoisotopic (exact) mass is 290 g/mol. The van der Waals surface area contributed by atoms with E-state index in [4.69, 9.17) is 0 Å². The van der Waals surface area contributed by atoms with Gasteiger partial charge in [-0.3, -0.25) is 9.59 Å². The number of benzene rings is 1. The van der Waals surface area contributed by atoms with Crippen molar-refractivity contribution in [3.05, 3.63) is 35.6 Å². The van der Waals surface area contributed by atoms with Crippen LogP contribution >= 0.6 is 0 Å². The molecule has 3 rings (SSSR count). The van der Waals surface area contributed by atoms with E-state index in [2.05, 4.69) is 0 Å². The number of rotatable bonds is 2. The van der Waals surface area contributed by atoms with Crippen molar-refractivity contribution in [2.24, 2.45) is 0 Å². The summed E-state index contributed by atoms with van der Waals surface area (Å²) < 4.78 is 13.0. The molecular formula is C16H19FN2O2. The first-order chi connectivity index (χ1) is 10.1. The highest BCUT2D eigenvalue weighted by atomic mass is 19.1. The first-order valence-electron chi connectivity index (χ1n) is 7.43. The van der Waals surface area contributed by atoms with Gasteiger partial charge in [0.1, 0.15) is 18.4 Å². The van der Waals surface area contributed by atoms with Gasteiger partial charge in [0.2, 0.25) is 11.8 Å². The van der Waals surface area contributed by atoms with Gasteiger partial charge in [-0.05, 0) is 43.9 Å². The normalized spacial score (nSPS) is 24.0. The van der Waals surface area contributed by atoms with Crippen LogP contribution in [0.1, 0.15) is 37.8 Å². The fraction of sp³-hybridized carbons (Fsp3) is 0.500. The summed E-state index contributed by atoms with van der Waals surface area (Å²) >= 11 is 0. The Kier molecular flexibility index (Phi) is 3.66. The maximum atomic E-state index is 13.0. The van der Waals surface area contributed by atoms with Crippen LogP contribution in [-0.2, 0) is 9.59 Å². The molecule has 5 heteroatoms. The first kappa shape index (κ1) is 14.0. The molecule has 0 radical (unpaired) electrons. The van der Waals surface area contributed by atoms with Gasteiger partial charge in [-0.15, -0.1) is 0 Å². The summed E-state index contributed by atoms with van der Waals surface area (Å²) in [4.78, 5) is 28.2. The van der Waals surface area contributed by atoms with Gasteiger partial charge in [0.05, 0.1) is 6.04 Å². The summed E-state index contributed by atoms with van der Waals surface area (Å²) in [6, 6.07) is 5.59. The molecule has 2 unspecified atom stereocenters. The van der Waals surface area contributed by atoms with Crippen molar-refractivity contribution in [2.45, 2.75) is 38.3 Å². The number of carbonyl (C=O) groups is 2. The molecule has 0 saturated carbocycles. The molecule has 0 N–H and O–H groups in total. The van der Waals surface area contributed by atoms with Crippen molar-refractivity contribution in [1.29, 1.82) is 0 Å². The summed E-state index contributed by atoms with van der Waals surface area (Å²) in [5.74, 6) is -0.259. The Morgan fingerprint density at radius 2 is 1.90 bits per heavy atom. The zero-order chi connectivity index (χ0) is 15.0. The van der Waals surface area contributed by atoms with E-state index < -0.39 is 0 Å². The quantitative estimate of drug-likeness (QED) is 0.837. The highest BCUT2D eigenvalue weighted by Gasteiger charge is 2.42. The number of amides is 2. The van der Waals surface area contributed by atoms with Crippen molar-refractivity contribution in [2.75, 3.05) is 13.1 Å². The largest absolute Gasteiger partial charge is 0.329 e. The van der Waals surface area contributed by atoms with Gasteiger partial charge in [0.15, 0.2) is 0 Å². The Labute approximate surface area is 123 Å². The van der Waals surface area contributed by atoms with Crippen LogP contribution < -0.4 is 0 Å². The third kappa shape index (κ3) is 2.52. The number of hydrogen-bond donors (Lipinski definition) is 0. The molecule has 1 aromatic rings. The zero-order valence-electron chi connectivity index (χ0n) is 12.1. The van der Waals surface area contributed by atoms with E-state index in [1.54, 1.807) is 21.9 Å². The summed E-state index contributed by atoms with van der Waals surface area (Å²) in [6.07, 6.45) is 2.71. The summed E-state index contributed by atoms with van der Waals surface area (Å²) in [7, 11) is 0. The summed E-state index contributed by atoms with van der Waals surface area (Å²) in [5, 5.41) is 0. The van der Waals surface area contributed by atoms with E-state index in [1.165, 1.54) is 12.1 Å². The SMILES string of the molecule is CC(c1ccc(F)cc1)N1CC(=O)N2CCCCC2C1=O. The van der Waals surface area contributed by atoms with Crippen molar-refractivity contribution in [3.8, 4) is 0 Å². The van der Waals surface area contributed by atoms with Crippen LogP contribution in [0.4, 0.5) is 4.39 Å². The van der Waals surface area contributed by atoms with E-state index in [0.29, 0.717) is 6.54 Å². The lowest BCUT2D eigenvalue weighted by Gasteiger charge is -2.44. The van der Waals surface area contributed by atoms with Crippen molar-refractivity contribution in [3.63, 3.8) is 0 Å². The fourth-order valence-electron chi connectivity index (χ4n) is 3.24. The van der Waals surface area contributed by atoms with E-state index in [0.717, 1.165) is 24.8 Å². The Hall–Kier alpha value is -1.91. The average molecular weight is 290 g/mol. The minimum absolute atomic E-state index is 0.0196. The third-order valence-electron chi connectivity index (χ3n) is 4.52. The van der Waals surface area contributed by atoms with Crippen LogP contribution in [-0.4, -0.2) is 40.7 Å². The molecule has 2 heterocycles. The minimum Gasteiger partial charge on any atom is -0.329 e. The number of halogens is 1. The lowest BCUT2D eigenvalue weighted by molar-refractivity contribution is -0.159. The van der Waals surface area contributed by atoms with Gasteiger partial charge in [0, 0.05) is 6.54 Å². The van der Waals surface area contributed by atoms with Gasteiger partial charge in [-0.1, -0.05) is 12.1 Å². The van der Waals surface area contributed by atoms with E-state index in [-0.39, 0.29) is 36.3 Å². The molecule has 2 aliphatic heterocycles. The first-order valence-corrected chi connectivity index (χ1v) is 7.43.